The highest BCUT2D eigenvalue weighted by Gasteiger charge is 2.72. The number of aliphatic imine (C=N–C) groups is 1. The summed E-state index contributed by atoms with van der Waals surface area (Å²) in [6, 6.07) is -0.0546. The summed E-state index contributed by atoms with van der Waals surface area (Å²) in [5, 5.41) is 0. The van der Waals surface area contributed by atoms with Crippen LogP contribution in [0, 0.1) is 10.8 Å². The molecule has 2 fully saturated rings. The van der Waals surface area contributed by atoms with Crippen LogP contribution in [0.2, 0.25) is 0 Å². The van der Waals surface area contributed by atoms with Gasteiger partial charge in [-0.15, -0.1) is 0 Å². The van der Waals surface area contributed by atoms with Gasteiger partial charge in [-0.1, -0.05) is 30.9 Å². The van der Waals surface area contributed by atoms with E-state index in [4.69, 9.17) is 4.74 Å². The molecule has 0 amide bonds. The highest BCUT2D eigenvalue weighted by Crippen LogP contribution is 2.63. The summed E-state index contributed by atoms with van der Waals surface area (Å²) in [7, 11) is 0. The van der Waals surface area contributed by atoms with E-state index in [0.29, 0.717) is 5.57 Å². The van der Waals surface area contributed by atoms with E-state index in [9.17, 15) is 9.18 Å². The van der Waals surface area contributed by atoms with Crippen molar-refractivity contribution in [1.29, 1.82) is 0 Å². The highest BCUT2D eigenvalue weighted by atomic mass is 19.1. The Morgan fingerprint density at radius 3 is 3.08 bits per heavy atom. The van der Waals surface area contributed by atoms with Crippen LogP contribution in [0.4, 0.5) is 4.39 Å². The predicted molar refractivity (Wildman–Crippen MR) is 91.5 cm³/mol. The number of hydrogen-bond acceptors (Lipinski definition) is 3. The van der Waals surface area contributed by atoms with Crippen LogP contribution in [0.15, 0.2) is 65.5 Å². The van der Waals surface area contributed by atoms with Crippen LogP contribution in [0.3, 0.4) is 0 Å². The molecule has 0 spiro atoms. The van der Waals surface area contributed by atoms with Crippen molar-refractivity contribution in [3.05, 3.63) is 60.5 Å². The zero-order valence-corrected chi connectivity index (χ0v) is 13.6. The Morgan fingerprint density at radius 1 is 1.54 bits per heavy atom. The van der Waals surface area contributed by atoms with Crippen LogP contribution in [0.25, 0.3) is 0 Å². The Kier molecular flexibility index (Phi) is 3.36. The molecule has 5 atom stereocenters. The largest absolute Gasteiger partial charge is 0.368 e. The SMILES string of the molecule is C=C/C(F)=C\C1=CC2(C)C(=O)C3(C4CC=CC=N4)CC3OC2C=C1. The van der Waals surface area contributed by atoms with Crippen LogP contribution in [0.5, 0.6) is 0 Å². The average Bonchev–Trinajstić information content (AvgIpc) is 3.33. The van der Waals surface area contributed by atoms with Crippen LogP contribution >= 0.6 is 0 Å². The third kappa shape index (κ3) is 2.06. The van der Waals surface area contributed by atoms with Crippen molar-refractivity contribution in [2.45, 2.75) is 38.0 Å². The summed E-state index contributed by atoms with van der Waals surface area (Å²) in [4.78, 5) is 18.0. The van der Waals surface area contributed by atoms with Crippen LogP contribution in [-0.2, 0) is 9.53 Å². The second-order valence-electron chi connectivity index (χ2n) is 7.12. The number of carbonyl (C=O) groups is 1. The fraction of sp³-hybridized carbons (Fsp3) is 0.400. The smallest absolute Gasteiger partial charge is 0.156 e. The first-order valence-corrected chi connectivity index (χ1v) is 8.30. The summed E-state index contributed by atoms with van der Waals surface area (Å²) in [5.74, 6) is -0.249. The molecule has 5 unspecified atom stereocenters. The number of ether oxygens (including phenoxy) is 1. The number of fused-ring (bicyclic) bond motifs is 2. The second kappa shape index (κ2) is 5.21. The summed E-state index contributed by atoms with van der Waals surface area (Å²) in [6.07, 6.45) is 14.9. The third-order valence-electron chi connectivity index (χ3n) is 5.62. The molecule has 4 heteroatoms. The molecule has 2 aliphatic carbocycles. The maximum atomic E-state index is 13.5. The van der Waals surface area contributed by atoms with Gasteiger partial charge in [-0.3, -0.25) is 9.79 Å². The monoisotopic (exact) mass is 325 g/mol. The zero-order valence-electron chi connectivity index (χ0n) is 13.6. The van der Waals surface area contributed by atoms with Gasteiger partial charge in [-0.2, -0.15) is 0 Å². The number of nitrogens with zero attached hydrogens (tertiary/aromatic N) is 1. The first-order valence-electron chi connectivity index (χ1n) is 8.30. The van der Waals surface area contributed by atoms with Gasteiger partial charge in [0.05, 0.1) is 29.1 Å². The molecule has 4 rings (SSSR count). The summed E-state index contributed by atoms with van der Waals surface area (Å²) >= 11 is 0. The molecule has 1 saturated heterocycles. The molecule has 0 radical (unpaired) electrons. The van der Waals surface area contributed by atoms with Crippen molar-refractivity contribution in [2.75, 3.05) is 0 Å². The Labute approximate surface area is 141 Å². The minimum absolute atomic E-state index is 0.0546. The van der Waals surface area contributed by atoms with Crippen molar-refractivity contribution in [3.63, 3.8) is 0 Å². The molecule has 2 heterocycles. The first kappa shape index (κ1) is 15.5. The summed E-state index contributed by atoms with van der Waals surface area (Å²) < 4.78 is 19.7. The van der Waals surface area contributed by atoms with E-state index in [2.05, 4.69) is 11.6 Å². The topological polar surface area (TPSA) is 38.7 Å². The molecule has 2 aliphatic heterocycles. The van der Waals surface area contributed by atoms with Crippen LogP contribution in [-0.4, -0.2) is 30.2 Å². The Morgan fingerprint density at radius 2 is 2.38 bits per heavy atom. The number of halogens is 1. The Balaban J connectivity index is 1.70. The van der Waals surface area contributed by atoms with Gasteiger partial charge >= 0.3 is 0 Å². The molecule has 0 bridgehead atoms. The van der Waals surface area contributed by atoms with E-state index in [-0.39, 0.29) is 24.0 Å². The number of carbonyl (C=O) groups excluding carboxylic acids is 1. The normalized spacial score (nSPS) is 43.1. The minimum Gasteiger partial charge on any atom is -0.368 e. The summed E-state index contributed by atoms with van der Waals surface area (Å²) in [5.41, 5.74) is -0.643. The molecule has 124 valence electrons. The van der Waals surface area contributed by atoms with Gasteiger partial charge in [0, 0.05) is 6.21 Å². The van der Waals surface area contributed by atoms with Crippen molar-refractivity contribution in [2.24, 2.45) is 15.8 Å². The molecule has 0 N–H and O–H groups in total. The second-order valence-corrected chi connectivity index (χ2v) is 7.12. The van der Waals surface area contributed by atoms with Gasteiger partial charge in [-0.25, -0.2) is 4.39 Å². The lowest BCUT2D eigenvalue weighted by atomic mass is 9.66. The van der Waals surface area contributed by atoms with Gasteiger partial charge in [0.25, 0.3) is 0 Å². The number of Topliss-reactive ketones (excluding diaryl/α,β-unsaturated/α-hetero) is 1. The molecule has 0 aromatic heterocycles. The number of allylic oxidation sites excluding steroid dienone is 6. The van der Waals surface area contributed by atoms with E-state index in [0.717, 1.165) is 18.9 Å². The molecule has 0 aromatic carbocycles. The Bertz CT molecular complexity index is 760. The van der Waals surface area contributed by atoms with Crippen LogP contribution in [0.1, 0.15) is 19.8 Å². The first-order chi connectivity index (χ1) is 11.5. The molecular weight excluding hydrogens is 305 g/mol. The van der Waals surface area contributed by atoms with Crippen molar-refractivity contribution < 1.29 is 13.9 Å². The molecular formula is C20H20FNO2. The number of hydrogen-bond donors (Lipinski definition) is 0. The fourth-order valence-electron chi connectivity index (χ4n) is 4.23. The van der Waals surface area contributed by atoms with Crippen LogP contribution < -0.4 is 0 Å². The quantitative estimate of drug-likeness (QED) is 0.743. The highest BCUT2D eigenvalue weighted by molar-refractivity contribution is 5.98. The van der Waals surface area contributed by atoms with E-state index in [1.54, 1.807) is 12.3 Å². The lowest BCUT2D eigenvalue weighted by molar-refractivity contribution is -0.150. The number of ketones is 1. The number of dihydropyridines is 1. The van der Waals surface area contributed by atoms with Gasteiger partial charge < -0.3 is 4.74 Å². The lowest BCUT2D eigenvalue weighted by Gasteiger charge is -2.43. The molecule has 0 aromatic rings. The molecule has 24 heavy (non-hydrogen) atoms. The molecule has 4 aliphatic rings. The van der Waals surface area contributed by atoms with E-state index in [1.165, 1.54) is 6.08 Å². The van der Waals surface area contributed by atoms with Crippen molar-refractivity contribution in [3.8, 4) is 0 Å². The van der Waals surface area contributed by atoms with E-state index < -0.39 is 16.7 Å². The maximum absolute atomic E-state index is 13.5. The average molecular weight is 325 g/mol. The van der Waals surface area contributed by atoms with Gasteiger partial charge in [0.1, 0.15) is 5.83 Å². The summed E-state index contributed by atoms with van der Waals surface area (Å²) in [6.45, 7) is 5.31. The van der Waals surface area contributed by atoms with Gasteiger partial charge in [0.15, 0.2) is 5.78 Å². The Hall–Kier alpha value is -2.07. The predicted octanol–water partition coefficient (Wildman–Crippen LogP) is 3.65. The third-order valence-corrected chi connectivity index (χ3v) is 5.62. The van der Waals surface area contributed by atoms with Crippen molar-refractivity contribution >= 4 is 12.0 Å². The zero-order chi connectivity index (χ0) is 16.9. The van der Waals surface area contributed by atoms with E-state index >= 15 is 0 Å². The lowest BCUT2D eigenvalue weighted by Crippen LogP contribution is -2.53. The molecule has 1 saturated carbocycles. The maximum Gasteiger partial charge on any atom is 0.156 e. The van der Waals surface area contributed by atoms with Gasteiger partial charge in [-0.05, 0) is 43.6 Å². The molecule has 3 nitrogen and oxygen atoms in total. The van der Waals surface area contributed by atoms with Gasteiger partial charge in [0.2, 0.25) is 0 Å². The fourth-order valence-corrected chi connectivity index (χ4v) is 4.23. The van der Waals surface area contributed by atoms with Crippen molar-refractivity contribution in [1.82, 2.24) is 0 Å². The minimum atomic E-state index is -0.786. The van der Waals surface area contributed by atoms with E-state index in [1.807, 2.05) is 31.2 Å². The number of rotatable bonds is 3. The standard InChI is InChI=1S/C20H20FNO2/c1-3-14(21)10-13-7-8-16-19(2,11-13)18(23)20(12-17(20)24-16)15-6-4-5-9-22-15/h3-5,7-11,15-17H,1,6,12H2,2H3/b14-10+.